The summed E-state index contributed by atoms with van der Waals surface area (Å²) < 4.78 is 0. The number of halogens is 2. The molecule has 0 spiro atoms. The first-order valence-corrected chi connectivity index (χ1v) is 6.73. The SMILES string of the molecule is CC(C)(C)[NH-].[Cl-].[Cl-].[Ti+2].[c-]1ccccc1.c1ccc2[cH-]ccc2c1. The fourth-order valence-corrected chi connectivity index (χ4v) is 1.41. The average molecular weight is 383 g/mol. The Bertz CT molecular complexity index is 526. The summed E-state index contributed by atoms with van der Waals surface area (Å²) in [6.45, 7) is 5.56. The molecule has 0 aliphatic carbocycles. The molecule has 1 nitrogen and oxygen atoms in total. The van der Waals surface area contributed by atoms with Crippen LogP contribution < -0.4 is 24.8 Å². The predicted octanol–water partition coefficient (Wildman–Crippen LogP) is -0.112. The number of fused-ring (bicyclic) bond motifs is 1. The number of benzene rings is 2. The topological polar surface area (TPSA) is 23.8 Å². The van der Waals surface area contributed by atoms with E-state index >= 15 is 0 Å². The number of nitrogens with one attached hydrogen (secondary N) is 1. The van der Waals surface area contributed by atoms with Crippen LogP contribution in [0.1, 0.15) is 20.8 Å². The summed E-state index contributed by atoms with van der Waals surface area (Å²) >= 11 is 0. The molecule has 124 valence electrons. The summed E-state index contributed by atoms with van der Waals surface area (Å²) in [6, 6.07) is 27.2. The largest absolute Gasteiger partial charge is 2.00 e. The molecule has 4 heteroatoms. The van der Waals surface area contributed by atoms with Gasteiger partial charge < -0.3 is 30.5 Å². The second-order valence-electron chi connectivity index (χ2n) is 5.48. The van der Waals surface area contributed by atoms with Crippen LogP contribution >= 0.6 is 0 Å². The van der Waals surface area contributed by atoms with E-state index in [9.17, 15) is 0 Å². The van der Waals surface area contributed by atoms with Crippen LogP contribution in [-0.4, -0.2) is 5.54 Å². The Labute approximate surface area is 167 Å². The minimum Gasteiger partial charge on any atom is -1.00 e. The second kappa shape index (κ2) is 14.9. The maximum atomic E-state index is 6.94. The smallest absolute Gasteiger partial charge is 1.00 e. The third kappa shape index (κ3) is 16.0. The van der Waals surface area contributed by atoms with Crippen molar-refractivity contribution in [3.8, 4) is 0 Å². The number of hydrogen-bond donors (Lipinski definition) is 0. The van der Waals surface area contributed by atoms with Crippen LogP contribution in [0.2, 0.25) is 0 Å². The zero-order valence-electron chi connectivity index (χ0n) is 13.7. The molecule has 3 aromatic carbocycles. The van der Waals surface area contributed by atoms with Crippen LogP contribution in [0.3, 0.4) is 0 Å². The van der Waals surface area contributed by atoms with Crippen molar-refractivity contribution >= 4 is 10.8 Å². The predicted molar refractivity (Wildman–Crippen MR) is 88.9 cm³/mol. The molecule has 0 fully saturated rings. The summed E-state index contributed by atoms with van der Waals surface area (Å²) in [7, 11) is 0. The Morgan fingerprint density at radius 3 is 1.78 bits per heavy atom. The van der Waals surface area contributed by atoms with Crippen molar-refractivity contribution in [1.29, 1.82) is 0 Å². The molecule has 3 rings (SSSR count). The summed E-state index contributed by atoms with van der Waals surface area (Å²) in [5, 5.41) is 2.66. The fourth-order valence-electron chi connectivity index (χ4n) is 1.41. The van der Waals surface area contributed by atoms with Crippen molar-refractivity contribution in [2.75, 3.05) is 0 Å². The summed E-state index contributed by atoms with van der Waals surface area (Å²) in [5.41, 5.74) is 6.69. The quantitative estimate of drug-likeness (QED) is 0.382. The van der Waals surface area contributed by atoms with Crippen molar-refractivity contribution < 1.29 is 46.5 Å². The molecular formula is C19H22Cl2NTi-3. The van der Waals surface area contributed by atoms with E-state index in [1.807, 2.05) is 51.1 Å². The molecule has 0 aliphatic rings. The van der Waals surface area contributed by atoms with Crippen molar-refractivity contribution in [3.05, 3.63) is 84.6 Å². The Morgan fingerprint density at radius 1 is 0.870 bits per heavy atom. The third-order valence-corrected chi connectivity index (χ3v) is 2.15. The number of rotatable bonds is 0. The second-order valence-corrected chi connectivity index (χ2v) is 5.48. The molecule has 3 aromatic rings. The molecule has 0 bridgehead atoms. The molecule has 0 amide bonds. The van der Waals surface area contributed by atoms with Gasteiger partial charge in [0.15, 0.2) is 0 Å². The molecule has 0 radical (unpaired) electrons. The molecule has 0 heterocycles. The number of hydrogen-bond acceptors (Lipinski definition) is 0. The van der Waals surface area contributed by atoms with Crippen LogP contribution in [0, 0.1) is 6.07 Å². The minimum atomic E-state index is -0.250. The van der Waals surface area contributed by atoms with E-state index in [4.69, 9.17) is 5.73 Å². The van der Waals surface area contributed by atoms with Gasteiger partial charge in [0.1, 0.15) is 0 Å². The molecule has 0 aliphatic heterocycles. The normalized spacial score (nSPS) is 8.70. The third-order valence-electron chi connectivity index (χ3n) is 2.15. The van der Waals surface area contributed by atoms with Crippen LogP contribution in [0.4, 0.5) is 0 Å². The molecule has 0 atom stereocenters. The maximum Gasteiger partial charge on any atom is 2.00 e. The van der Waals surface area contributed by atoms with Gasteiger partial charge in [-0.05, 0) is 0 Å². The first-order valence-electron chi connectivity index (χ1n) is 6.73. The summed E-state index contributed by atoms with van der Waals surface area (Å²) in [6.07, 6.45) is 0. The van der Waals surface area contributed by atoms with Gasteiger partial charge in [-0.25, -0.2) is 0 Å². The van der Waals surface area contributed by atoms with Gasteiger partial charge in [0, 0.05) is 0 Å². The first kappa shape index (κ1) is 27.2. The Hall–Kier alpha value is -0.696. The van der Waals surface area contributed by atoms with E-state index in [1.54, 1.807) is 0 Å². The van der Waals surface area contributed by atoms with Gasteiger partial charge in [-0.2, -0.15) is 53.9 Å². The van der Waals surface area contributed by atoms with Gasteiger partial charge in [0.2, 0.25) is 0 Å². The van der Waals surface area contributed by atoms with E-state index in [1.165, 1.54) is 10.8 Å². The van der Waals surface area contributed by atoms with Crippen LogP contribution in [0.5, 0.6) is 0 Å². The van der Waals surface area contributed by atoms with Gasteiger partial charge >= 0.3 is 21.7 Å². The molecule has 0 aromatic heterocycles. The first-order chi connectivity index (χ1) is 9.47. The summed E-state index contributed by atoms with van der Waals surface area (Å²) in [5.74, 6) is 0. The average Bonchev–Trinajstić information content (AvgIpc) is 2.88. The van der Waals surface area contributed by atoms with Crippen LogP contribution in [-0.2, 0) is 21.7 Å². The van der Waals surface area contributed by atoms with Crippen LogP contribution in [0.15, 0.2) is 72.8 Å². The van der Waals surface area contributed by atoms with Crippen molar-refractivity contribution in [2.24, 2.45) is 0 Å². The van der Waals surface area contributed by atoms with Gasteiger partial charge in [0.05, 0.1) is 0 Å². The van der Waals surface area contributed by atoms with E-state index in [0.29, 0.717) is 0 Å². The van der Waals surface area contributed by atoms with Gasteiger partial charge in [0.25, 0.3) is 0 Å². The zero-order chi connectivity index (χ0) is 14.8. The van der Waals surface area contributed by atoms with Crippen molar-refractivity contribution in [1.82, 2.24) is 0 Å². The molecule has 1 N–H and O–H groups in total. The summed E-state index contributed by atoms with van der Waals surface area (Å²) in [4.78, 5) is 0. The molecule has 0 saturated carbocycles. The molecule has 0 unspecified atom stereocenters. The Morgan fingerprint density at radius 2 is 1.39 bits per heavy atom. The van der Waals surface area contributed by atoms with E-state index < -0.39 is 0 Å². The van der Waals surface area contributed by atoms with Crippen molar-refractivity contribution in [2.45, 2.75) is 26.3 Å². The Balaban J connectivity index is -0.000000258. The van der Waals surface area contributed by atoms with Gasteiger partial charge in [-0.15, -0.1) is 35.2 Å². The zero-order valence-corrected chi connectivity index (χ0v) is 16.8. The standard InChI is InChI=1S/C9H7.C6H5.C4H10N.2ClH.Ti/c1-2-5-9-7-3-6-8(9)4-1;1-2-4-6-5-3-1;1-4(2,3)5;;;/h1-7H;1-5H;5H,1-3H3;2*1H;/q3*-1;;;+2/p-2. The Kier molecular flexibility index (Phi) is 17.6. The molecule has 23 heavy (non-hydrogen) atoms. The van der Waals surface area contributed by atoms with E-state index in [-0.39, 0.29) is 52.1 Å². The van der Waals surface area contributed by atoms with Crippen molar-refractivity contribution in [3.63, 3.8) is 0 Å². The molecular weight excluding hydrogens is 361 g/mol. The molecule has 0 saturated heterocycles. The van der Waals surface area contributed by atoms with Gasteiger partial charge in [-0.3, -0.25) is 0 Å². The van der Waals surface area contributed by atoms with Crippen LogP contribution in [0.25, 0.3) is 16.5 Å². The minimum absolute atomic E-state index is 0. The van der Waals surface area contributed by atoms with E-state index in [0.717, 1.165) is 0 Å². The van der Waals surface area contributed by atoms with Gasteiger partial charge in [-0.1, -0.05) is 26.8 Å². The fraction of sp³-hybridized carbons (Fsp3) is 0.211. The maximum absolute atomic E-state index is 6.94. The monoisotopic (exact) mass is 382 g/mol. The van der Waals surface area contributed by atoms with E-state index in [2.05, 4.69) is 48.5 Å².